The van der Waals surface area contributed by atoms with Crippen molar-refractivity contribution in [3.8, 4) is 0 Å². The number of hydrogen-bond acceptors (Lipinski definition) is 4. The van der Waals surface area contributed by atoms with E-state index in [2.05, 4.69) is 17.0 Å². The van der Waals surface area contributed by atoms with Crippen molar-refractivity contribution in [1.82, 2.24) is 0 Å². The van der Waals surface area contributed by atoms with E-state index in [0.29, 0.717) is 12.2 Å². The molecule has 0 unspecified atom stereocenters. The van der Waals surface area contributed by atoms with Gasteiger partial charge in [-0.05, 0) is 18.6 Å². The number of amidine groups is 1. The minimum Gasteiger partial charge on any atom is -0.409 e. The highest BCUT2D eigenvalue weighted by Crippen LogP contribution is 2.14. The maximum atomic E-state index is 8.65. The van der Waals surface area contributed by atoms with Gasteiger partial charge >= 0.3 is 0 Å². The molecule has 0 aliphatic rings. The van der Waals surface area contributed by atoms with E-state index < -0.39 is 0 Å². The number of nitrogens with zero attached hydrogens (tertiary/aromatic N) is 2. The third kappa shape index (κ3) is 4.25. The number of hydrogen-bond donors (Lipinski definition) is 2. The number of nitrogens with two attached hydrogens (primary N) is 1. The molecule has 100 valence electrons. The largest absolute Gasteiger partial charge is 0.409 e. The SMILES string of the molecule is CCCOCCN(C)c1cccc(/C(N)=N/O)c1. The van der Waals surface area contributed by atoms with Crippen molar-refractivity contribution in [3.63, 3.8) is 0 Å². The van der Waals surface area contributed by atoms with Crippen molar-refractivity contribution in [3.05, 3.63) is 29.8 Å². The first-order chi connectivity index (χ1) is 8.69. The Morgan fingerprint density at radius 2 is 2.22 bits per heavy atom. The highest BCUT2D eigenvalue weighted by molar-refractivity contribution is 5.97. The Morgan fingerprint density at radius 3 is 2.89 bits per heavy atom. The lowest BCUT2D eigenvalue weighted by molar-refractivity contribution is 0.141. The zero-order chi connectivity index (χ0) is 13.4. The standard InChI is InChI=1S/C13H21N3O2/c1-3-8-18-9-7-16(2)12-6-4-5-11(10-12)13(14)15-17/h4-6,10,17H,3,7-9H2,1-2H3,(H2,14,15). The van der Waals surface area contributed by atoms with Crippen LogP contribution in [0.3, 0.4) is 0 Å². The normalized spacial score (nSPS) is 11.6. The second kappa shape index (κ2) is 7.55. The smallest absolute Gasteiger partial charge is 0.170 e. The summed E-state index contributed by atoms with van der Waals surface area (Å²) < 4.78 is 5.44. The molecule has 0 fully saturated rings. The average molecular weight is 251 g/mol. The van der Waals surface area contributed by atoms with E-state index in [9.17, 15) is 0 Å². The maximum absolute atomic E-state index is 8.65. The molecule has 0 aliphatic carbocycles. The lowest BCUT2D eigenvalue weighted by Crippen LogP contribution is -2.23. The van der Waals surface area contributed by atoms with Crippen molar-refractivity contribution in [2.24, 2.45) is 10.9 Å². The summed E-state index contributed by atoms with van der Waals surface area (Å²) in [7, 11) is 1.99. The van der Waals surface area contributed by atoms with Crippen molar-refractivity contribution in [2.45, 2.75) is 13.3 Å². The quantitative estimate of drug-likeness (QED) is 0.254. The Kier molecular flexibility index (Phi) is 6.00. The molecular formula is C13H21N3O2. The first-order valence-corrected chi connectivity index (χ1v) is 6.06. The fraction of sp³-hybridized carbons (Fsp3) is 0.462. The molecule has 0 aromatic heterocycles. The van der Waals surface area contributed by atoms with Gasteiger partial charge in [0, 0.05) is 31.5 Å². The van der Waals surface area contributed by atoms with E-state index in [1.807, 2.05) is 25.2 Å². The molecule has 0 amide bonds. The van der Waals surface area contributed by atoms with E-state index in [-0.39, 0.29) is 5.84 Å². The van der Waals surface area contributed by atoms with Crippen molar-refractivity contribution in [2.75, 3.05) is 31.7 Å². The second-order valence-corrected chi connectivity index (χ2v) is 4.07. The Balaban J connectivity index is 2.60. The summed E-state index contributed by atoms with van der Waals surface area (Å²) in [6.45, 7) is 4.37. The third-order valence-corrected chi connectivity index (χ3v) is 2.61. The summed E-state index contributed by atoms with van der Waals surface area (Å²) in [4.78, 5) is 2.07. The minimum absolute atomic E-state index is 0.118. The van der Waals surface area contributed by atoms with Gasteiger partial charge in [0.15, 0.2) is 5.84 Å². The van der Waals surface area contributed by atoms with Crippen LogP contribution >= 0.6 is 0 Å². The van der Waals surface area contributed by atoms with Crippen LogP contribution in [0, 0.1) is 0 Å². The average Bonchev–Trinajstić information content (AvgIpc) is 2.42. The van der Waals surface area contributed by atoms with Gasteiger partial charge < -0.3 is 20.6 Å². The van der Waals surface area contributed by atoms with Crippen LogP contribution < -0.4 is 10.6 Å². The summed E-state index contributed by atoms with van der Waals surface area (Å²) >= 11 is 0. The van der Waals surface area contributed by atoms with Crippen LogP contribution in [0.25, 0.3) is 0 Å². The highest BCUT2D eigenvalue weighted by Gasteiger charge is 2.04. The molecule has 1 rings (SSSR count). The zero-order valence-electron chi connectivity index (χ0n) is 11.0. The van der Waals surface area contributed by atoms with Crippen molar-refractivity contribution >= 4 is 11.5 Å². The fourth-order valence-electron chi connectivity index (χ4n) is 1.54. The molecule has 18 heavy (non-hydrogen) atoms. The molecule has 0 heterocycles. The van der Waals surface area contributed by atoms with Gasteiger partial charge in [-0.1, -0.05) is 24.2 Å². The molecule has 0 spiro atoms. The molecule has 0 bridgehead atoms. The Morgan fingerprint density at radius 1 is 1.44 bits per heavy atom. The van der Waals surface area contributed by atoms with Gasteiger partial charge in [0.25, 0.3) is 0 Å². The van der Waals surface area contributed by atoms with Gasteiger partial charge in [-0.2, -0.15) is 0 Å². The Labute approximate surface area is 108 Å². The molecule has 1 aromatic rings. The molecule has 5 heteroatoms. The van der Waals surface area contributed by atoms with E-state index in [1.165, 1.54) is 0 Å². The van der Waals surface area contributed by atoms with E-state index in [0.717, 1.165) is 25.3 Å². The molecule has 0 radical (unpaired) electrons. The van der Waals surface area contributed by atoms with Gasteiger partial charge in [-0.3, -0.25) is 0 Å². The van der Waals surface area contributed by atoms with Crippen molar-refractivity contribution in [1.29, 1.82) is 0 Å². The number of anilines is 1. The van der Waals surface area contributed by atoms with Crippen LogP contribution in [0.4, 0.5) is 5.69 Å². The van der Waals surface area contributed by atoms with Gasteiger partial charge in [-0.25, -0.2) is 0 Å². The molecule has 0 saturated heterocycles. The Hall–Kier alpha value is -1.75. The number of ether oxygens (including phenoxy) is 1. The topological polar surface area (TPSA) is 71.1 Å². The monoisotopic (exact) mass is 251 g/mol. The predicted molar refractivity (Wildman–Crippen MR) is 73.3 cm³/mol. The number of likely N-dealkylation sites (N-methyl/N-ethyl adjacent to an activating group) is 1. The third-order valence-electron chi connectivity index (χ3n) is 2.61. The first kappa shape index (κ1) is 14.3. The van der Waals surface area contributed by atoms with Crippen LogP contribution in [0.2, 0.25) is 0 Å². The second-order valence-electron chi connectivity index (χ2n) is 4.07. The molecule has 0 aliphatic heterocycles. The summed E-state index contributed by atoms with van der Waals surface area (Å²) in [5.41, 5.74) is 7.28. The molecule has 0 atom stereocenters. The van der Waals surface area contributed by atoms with Gasteiger partial charge in [0.05, 0.1) is 6.61 Å². The lowest BCUT2D eigenvalue weighted by atomic mass is 10.2. The first-order valence-electron chi connectivity index (χ1n) is 6.06. The van der Waals surface area contributed by atoms with Crippen LogP contribution in [0.5, 0.6) is 0 Å². The lowest BCUT2D eigenvalue weighted by Gasteiger charge is -2.19. The number of oxime groups is 1. The molecule has 5 nitrogen and oxygen atoms in total. The van der Waals surface area contributed by atoms with Crippen LogP contribution in [-0.2, 0) is 4.74 Å². The van der Waals surface area contributed by atoms with E-state index in [1.54, 1.807) is 6.07 Å². The van der Waals surface area contributed by atoms with Gasteiger partial charge in [0.2, 0.25) is 0 Å². The molecule has 0 saturated carbocycles. The summed E-state index contributed by atoms with van der Waals surface area (Å²) in [5.74, 6) is 0.118. The number of benzene rings is 1. The minimum atomic E-state index is 0.118. The van der Waals surface area contributed by atoms with E-state index in [4.69, 9.17) is 15.7 Å². The van der Waals surface area contributed by atoms with Gasteiger partial charge in [-0.15, -0.1) is 0 Å². The number of rotatable bonds is 7. The maximum Gasteiger partial charge on any atom is 0.170 e. The Bertz CT molecular complexity index is 394. The summed E-state index contributed by atoms with van der Waals surface area (Å²) in [5, 5.41) is 11.6. The molecular weight excluding hydrogens is 230 g/mol. The fourth-order valence-corrected chi connectivity index (χ4v) is 1.54. The van der Waals surface area contributed by atoms with Crippen molar-refractivity contribution < 1.29 is 9.94 Å². The van der Waals surface area contributed by atoms with Crippen LogP contribution in [0.15, 0.2) is 29.4 Å². The van der Waals surface area contributed by atoms with Crippen LogP contribution in [-0.4, -0.2) is 37.8 Å². The van der Waals surface area contributed by atoms with E-state index >= 15 is 0 Å². The van der Waals surface area contributed by atoms with Gasteiger partial charge in [0.1, 0.15) is 0 Å². The predicted octanol–water partition coefficient (Wildman–Crippen LogP) is 1.64. The zero-order valence-corrected chi connectivity index (χ0v) is 11.0. The van der Waals surface area contributed by atoms with Crippen LogP contribution in [0.1, 0.15) is 18.9 Å². The summed E-state index contributed by atoms with van der Waals surface area (Å²) in [6, 6.07) is 7.55. The summed E-state index contributed by atoms with van der Waals surface area (Å²) in [6.07, 6.45) is 1.03. The molecule has 3 N–H and O–H groups in total. The molecule has 1 aromatic carbocycles. The highest BCUT2D eigenvalue weighted by atomic mass is 16.5.